The van der Waals surface area contributed by atoms with Crippen LogP contribution in [-0.2, 0) is 16.1 Å². The van der Waals surface area contributed by atoms with Crippen molar-refractivity contribution in [3.63, 3.8) is 0 Å². The quantitative estimate of drug-likeness (QED) is 0.850. The zero-order valence-corrected chi connectivity index (χ0v) is 9.19. The van der Waals surface area contributed by atoms with Crippen LogP contribution in [0.4, 0.5) is 0 Å². The van der Waals surface area contributed by atoms with Gasteiger partial charge in [0.05, 0.1) is 12.7 Å². The number of rotatable bonds is 3. The van der Waals surface area contributed by atoms with Gasteiger partial charge in [-0.25, -0.2) is 0 Å². The predicted octanol–water partition coefficient (Wildman–Crippen LogP) is 2.42. The molecule has 0 atom stereocenters. The molecule has 2 rings (SSSR count). The van der Waals surface area contributed by atoms with Gasteiger partial charge in [-0.3, -0.25) is 4.79 Å². The number of aromatic hydroxyl groups is 1. The maximum atomic E-state index is 11.0. The minimum absolute atomic E-state index is 0.194. The number of phenolic OH excluding ortho intramolecular Hbond substituents is 1. The number of carbonyl (C=O) groups excluding carboxylic acids is 1. The largest absolute Gasteiger partial charge is 0.508 e. The van der Waals surface area contributed by atoms with Gasteiger partial charge in [0, 0.05) is 12.8 Å². The van der Waals surface area contributed by atoms with Crippen molar-refractivity contribution in [2.24, 2.45) is 0 Å². The minimum Gasteiger partial charge on any atom is -0.508 e. The summed E-state index contributed by atoms with van der Waals surface area (Å²) in [6.07, 6.45) is 3.14. The third kappa shape index (κ3) is 3.07. The lowest BCUT2D eigenvalue weighted by molar-refractivity contribution is -0.123. The molecule has 0 aromatic heterocycles. The predicted molar refractivity (Wildman–Crippen MR) is 60.2 cm³/mol. The average molecular weight is 220 g/mol. The number of phenols is 1. The van der Waals surface area contributed by atoms with Crippen molar-refractivity contribution in [3.8, 4) is 5.75 Å². The van der Waals surface area contributed by atoms with Crippen LogP contribution in [0.15, 0.2) is 24.3 Å². The van der Waals surface area contributed by atoms with Crippen LogP contribution in [0.3, 0.4) is 0 Å². The highest BCUT2D eigenvalue weighted by molar-refractivity contribution is 5.79. The molecule has 86 valence electrons. The number of carbonyl (C=O) groups is 1. The van der Waals surface area contributed by atoms with Crippen LogP contribution in [0.1, 0.15) is 31.2 Å². The summed E-state index contributed by atoms with van der Waals surface area (Å²) in [5.74, 6) is 0.608. The number of hydrogen-bond donors (Lipinski definition) is 1. The Morgan fingerprint density at radius 3 is 2.75 bits per heavy atom. The van der Waals surface area contributed by atoms with Crippen LogP contribution in [-0.4, -0.2) is 17.0 Å². The molecular weight excluding hydrogens is 204 g/mol. The summed E-state index contributed by atoms with van der Waals surface area (Å²) in [5, 5.41) is 9.28. The van der Waals surface area contributed by atoms with Crippen LogP contribution >= 0.6 is 0 Å². The van der Waals surface area contributed by atoms with Gasteiger partial charge in [-0.2, -0.15) is 0 Å². The first-order chi connectivity index (χ1) is 7.74. The molecule has 1 aliphatic rings. The van der Waals surface area contributed by atoms with Crippen molar-refractivity contribution in [2.45, 2.75) is 38.4 Å². The summed E-state index contributed by atoms with van der Waals surface area (Å²) in [7, 11) is 0. The molecule has 0 unspecified atom stereocenters. The lowest BCUT2D eigenvalue weighted by Crippen LogP contribution is -2.21. The number of Topliss-reactive ketones (excluding diaryl/α,β-unsaturated/α-hetero) is 1. The number of benzene rings is 1. The molecule has 3 nitrogen and oxygen atoms in total. The van der Waals surface area contributed by atoms with Crippen molar-refractivity contribution in [1.29, 1.82) is 0 Å². The maximum absolute atomic E-state index is 11.0. The maximum Gasteiger partial charge on any atom is 0.133 e. The van der Waals surface area contributed by atoms with E-state index in [4.69, 9.17) is 4.74 Å². The topological polar surface area (TPSA) is 46.5 Å². The summed E-state index contributed by atoms with van der Waals surface area (Å²) in [6, 6.07) is 7.07. The van der Waals surface area contributed by atoms with Crippen molar-refractivity contribution in [1.82, 2.24) is 0 Å². The Kier molecular flexibility index (Phi) is 3.57. The van der Waals surface area contributed by atoms with Crippen LogP contribution in [0.25, 0.3) is 0 Å². The van der Waals surface area contributed by atoms with Crippen LogP contribution in [0.5, 0.6) is 5.75 Å². The molecule has 1 N–H and O–H groups in total. The number of ketones is 1. The van der Waals surface area contributed by atoms with Gasteiger partial charge in [-0.15, -0.1) is 0 Å². The van der Waals surface area contributed by atoms with Gasteiger partial charge in [0.2, 0.25) is 0 Å². The van der Waals surface area contributed by atoms with Crippen LogP contribution in [0.2, 0.25) is 0 Å². The van der Waals surface area contributed by atoms with E-state index in [1.54, 1.807) is 18.2 Å². The van der Waals surface area contributed by atoms with Gasteiger partial charge in [-0.1, -0.05) is 12.1 Å². The average Bonchev–Trinajstić information content (AvgIpc) is 2.28. The third-order valence-electron chi connectivity index (χ3n) is 2.89. The summed E-state index contributed by atoms with van der Waals surface area (Å²) < 4.78 is 5.71. The number of ether oxygens (including phenoxy) is 1. The Morgan fingerprint density at radius 1 is 1.31 bits per heavy atom. The molecule has 0 spiro atoms. The molecule has 0 saturated heterocycles. The van der Waals surface area contributed by atoms with Crippen molar-refractivity contribution >= 4 is 5.78 Å². The highest BCUT2D eigenvalue weighted by Gasteiger charge is 2.18. The van der Waals surface area contributed by atoms with Gasteiger partial charge >= 0.3 is 0 Å². The van der Waals surface area contributed by atoms with Crippen molar-refractivity contribution in [2.75, 3.05) is 0 Å². The number of hydrogen-bond acceptors (Lipinski definition) is 3. The molecule has 3 heteroatoms. The van der Waals surface area contributed by atoms with E-state index in [0.29, 0.717) is 25.2 Å². The Labute approximate surface area is 95.0 Å². The monoisotopic (exact) mass is 220 g/mol. The second-order valence-corrected chi connectivity index (χ2v) is 4.22. The second kappa shape index (κ2) is 5.12. The first kappa shape index (κ1) is 11.1. The van der Waals surface area contributed by atoms with E-state index in [9.17, 15) is 9.90 Å². The first-order valence-electron chi connectivity index (χ1n) is 5.65. The second-order valence-electron chi connectivity index (χ2n) is 4.22. The fourth-order valence-electron chi connectivity index (χ4n) is 1.94. The molecule has 0 radical (unpaired) electrons. The molecule has 1 fully saturated rings. The van der Waals surface area contributed by atoms with Crippen LogP contribution in [0, 0.1) is 0 Å². The molecule has 0 heterocycles. The molecule has 0 aliphatic heterocycles. The first-order valence-corrected chi connectivity index (χ1v) is 5.65. The van der Waals surface area contributed by atoms with Crippen molar-refractivity contribution in [3.05, 3.63) is 29.8 Å². The molecule has 0 bridgehead atoms. The summed E-state index contributed by atoms with van der Waals surface area (Å²) in [4.78, 5) is 11.0. The minimum atomic E-state index is 0.194. The fraction of sp³-hybridized carbons (Fsp3) is 0.462. The highest BCUT2D eigenvalue weighted by Crippen LogP contribution is 2.20. The molecule has 1 aliphatic carbocycles. The smallest absolute Gasteiger partial charge is 0.133 e. The Balaban J connectivity index is 1.81. The molecule has 1 aromatic rings. The SMILES string of the molecule is O=C1CCC(OCc2cccc(O)c2)CC1. The van der Waals surface area contributed by atoms with E-state index in [1.165, 1.54) is 0 Å². The van der Waals surface area contributed by atoms with E-state index in [1.807, 2.05) is 6.07 Å². The standard InChI is InChI=1S/C13H16O3/c14-11-4-6-13(7-5-11)16-9-10-2-1-3-12(15)8-10/h1-3,8,13,15H,4-7,9H2. The van der Waals surface area contributed by atoms with E-state index in [-0.39, 0.29) is 11.9 Å². The Bertz CT molecular complexity index is 363. The van der Waals surface area contributed by atoms with E-state index in [2.05, 4.69) is 0 Å². The molecule has 1 aromatic carbocycles. The Morgan fingerprint density at radius 2 is 2.06 bits per heavy atom. The normalized spacial score (nSPS) is 17.6. The zero-order chi connectivity index (χ0) is 11.4. The zero-order valence-electron chi connectivity index (χ0n) is 9.19. The van der Waals surface area contributed by atoms with Gasteiger partial charge in [-0.05, 0) is 30.5 Å². The lowest BCUT2D eigenvalue weighted by Gasteiger charge is -2.21. The summed E-state index contributed by atoms with van der Waals surface area (Å²) in [6.45, 7) is 0.507. The van der Waals surface area contributed by atoms with E-state index < -0.39 is 0 Å². The fourth-order valence-corrected chi connectivity index (χ4v) is 1.94. The summed E-state index contributed by atoms with van der Waals surface area (Å²) in [5.41, 5.74) is 0.969. The van der Waals surface area contributed by atoms with E-state index in [0.717, 1.165) is 18.4 Å². The van der Waals surface area contributed by atoms with Gasteiger partial charge < -0.3 is 9.84 Å². The van der Waals surface area contributed by atoms with E-state index >= 15 is 0 Å². The van der Waals surface area contributed by atoms with Gasteiger partial charge in [0.15, 0.2) is 0 Å². The van der Waals surface area contributed by atoms with Crippen LogP contribution < -0.4 is 0 Å². The van der Waals surface area contributed by atoms with Crippen molar-refractivity contribution < 1.29 is 14.6 Å². The highest BCUT2D eigenvalue weighted by atomic mass is 16.5. The molecule has 1 saturated carbocycles. The summed E-state index contributed by atoms with van der Waals surface area (Å²) >= 11 is 0. The molecule has 16 heavy (non-hydrogen) atoms. The lowest BCUT2D eigenvalue weighted by atomic mass is 9.96. The van der Waals surface area contributed by atoms with Gasteiger partial charge in [0.1, 0.15) is 11.5 Å². The molecule has 0 amide bonds. The Hall–Kier alpha value is -1.35. The van der Waals surface area contributed by atoms with Gasteiger partial charge in [0.25, 0.3) is 0 Å². The third-order valence-corrected chi connectivity index (χ3v) is 2.89. The molecular formula is C13H16O3.